The van der Waals surface area contributed by atoms with Gasteiger partial charge < -0.3 is 9.64 Å². The highest BCUT2D eigenvalue weighted by Gasteiger charge is 2.38. The molecule has 4 nitrogen and oxygen atoms in total. The molecule has 3 aromatic rings. The average molecular weight is 471 g/mol. The number of aryl methyl sites for hydroxylation is 1. The normalized spacial score (nSPS) is 16.6. The molecule has 1 aliphatic rings. The summed E-state index contributed by atoms with van der Waals surface area (Å²) in [4.78, 5) is 17.6. The second-order valence-electron chi connectivity index (χ2n) is 10.5. The lowest BCUT2D eigenvalue weighted by Gasteiger charge is -2.31. The molecule has 0 aliphatic carbocycles. The zero-order chi connectivity index (χ0) is 24.8. The molecular formula is C31H38N2O2. The monoisotopic (exact) mass is 470 g/mol. The second-order valence-corrected chi connectivity index (χ2v) is 10.5. The van der Waals surface area contributed by atoms with E-state index < -0.39 is 0 Å². The van der Waals surface area contributed by atoms with Crippen molar-refractivity contribution in [1.29, 1.82) is 0 Å². The van der Waals surface area contributed by atoms with E-state index in [0.717, 1.165) is 31.6 Å². The summed E-state index contributed by atoms with van der Waals surface area (Å²) in [6, 6.07) is 27.6. The molecule has 1 amide bonds. The van der Waals surface area contributed by atoms with Gasteiger partial charge in [0.15, 0.2) is 0 Å². The molecule has 0 saturated carbocycles. The van der Waals surface area contributed by atoms with E-state index in [2.05, 4.69) is 97.3 Å². The summed E-state index contributed by atoms with van der Waals surface area (Å²) < 4.78 is 5.28. The van der Waals surface area contributed by atoms with Crippen LogP contribution in [0.1, 0.15) is 55.6 Å². The van der Waals surface area contributed by atoms with Gasteiger partial charge in [0, 0.05) is 13.1 Å². The second kappa shape index (κ2) is 11.1. The SMILES string of the molecule is COc1ccc(CCN2C(=O)CN(CCCc3ccccc3)C2c2ccc(C(C)(C)C)cc2)cc1. The highest BCUT2D eigenvalue weighted by molar-refractivity contribution is 5.81. The molecule has 1 heterocycles. The highest BCUT2D eigenvalue weighted by atomic mass is 16.5. The number of amides is 1. The Morgan fingerprint density at radius 2 is 1.49 bits per heavy atom. The number of nitrogens with zero attached hydrogens (tertiary/aromatic N) is 2. The van der Waals surface area contributed by atoms with Crippen molar-refractivity contribution < 1.29 is 9.53 Å². The van der Waals surface area contributed by atoms with Crippen molar-refractivity contribution >= 4 is 5.91 Å². The van der Waals surface area contributed by atoms with Crippen LogP contribution in [0.3, 0.4) is 0 Å². The summed E-state index contributed by atoms with van der Waals surface area (Å²) in [5, 5.41) is 0. The fourth-order valence-corrected chi connectivity index (χ4v) is 4.85. The first-order chi connectivity index (χ1) is 16.8. The van der Waals surface area contributed by atoms with Gasteiger partial charge in [0.2, 0.25) is 5.91 Å². The molecule has 4 rings (SSSR count). The van der Waals surface area contributed by atoms with Crippen LogP contribution in [0.2, 0.25) is 0 Å². The number of methoxy groups -OCH3 is 1. The van der Waals surface area contributed by atoms with Crippen LogP contribution in [0, 0.1) is 0 Å². The van der Waals surface area contributed by atoms with E-state index in [1.807, 2.05) is 12.1 Å². The van der Waals surface area contributed by atoms with Crippen LogP contribution in [0.4, 0.5) is 0 Å². The van der Waals surface area contributed by atoms with Gasteiger partial charge >= 0.3 is 0 Å². The van der Waals surface area contributed by atoms with E-state index in [0.29, 0.717) is 13.1 Å². The van der Waals surface area contributed by atoms with Crippen LogP contribution in [0.5, 0.6) is 5.75 Å². The van der Waals surface area contributed by atoms with Crippen molar-refractivity contribution in [3.63, 3.8) is 0 Å². The average Bonchev–Trinajstić information content (AvgIpc) is 3.18. The van der Waals surface area contributed by atoms with Crippen LogP contribution >= 0.6 is 0 Å². The first-order valence-electron chi connectivity index (χ1n) is 12.7. The summed E-state index contributed by atoms with van der Waals surface area (Å²) in [5.74, 6) is 1.07. The lowest BCUT2D eigenvalue weighted by Crippen LogP contribution is -2.34. The minimum Gasteiger partial charge on any atom is -0.497 e. The van der Waals surface area contributed by atoms with Gasteiger partial charge in [0.1, 0.15) is 11.9 Å². The number of benzene rings is 3. The molecule has 184 valence electrons. The molecule has 1 unspecified atom stereocenters. The summed E-state index contributed by atoms with van der Waals surface area (Å²) in [5.41, 5.74) is 5.17. The maximum absolute atomic E-state index is 13.2. The van der Waals surface area contributed by atoms with Gasteiger partial charge in [-0.15, -0.1) is 0 Å². The number of ether oxygens (including phenoxy) is 1. The van der Waals surface area contributed by atoms with E-state index in [9.17, 15) is 4.79 Å². The lowest BCUT2D eigenvalue weighted by atomic mass is 9.86. The quantitative estimate of drug-likeness (QED) is 0.384. The molecule has 0 spiro atoms. The van der Waals surface area contributed by atoms with Crippen molar-refractivity contribution in [1.82, 2.24) is 9.80 Å². The zero-order valence-electron chi connectivity index (χ0n) is 21.5. The Bertz CT molecular complexity index is 1090. The predicted octanol–water partition coefficient (Wildman–Crippen LogP) is 6.01. The Labute approximate surface area is 210 Å². The third-order valence-electron chi connectivity index (χ3n) is 6.93. The Balaban J connectivity index is 1.51. The fourth-order valence-electron chi connectivity index (χ4n) is 4.85. The maximum atomic E-state index is 13.2. The number of rotatable bonds is 9. The van der Waals surface area contributed by atoms with Gasteiger partial charge in [-0.3, -0.25) is 9.69 Å². The molecule has 1 saturated heterocycles. The van der Waals surface area contributed by atoms with Gasteiger partial charge in [0.05, 0.1) is 13.7 Å². The minimum absolute atomic E-state index is 0.0226. The zero-order valence-corrected chi connectivity index (χ0v) is 21.5. The van der Waals surface area contributed by atoms with Gasteiger partial charge in [-0.1, -0.05) is 87.5 Å². The van der Waals surface area contributed by atoms with Crippen molar-refractivity contribution in [2.24, 2.45) is 0 Å². The Morgan fingerprint density at radius 3 is 2.11 bits per heavy atom. The van der Waals surface area contributed by atoms with E-state index >= 15 is 0 Å². The molecule has 1 atom stereocenters. The topological polar surface area (TPSA) is 32.8 Å². The van der Waals surface area contributed by atoms with E-state index in [1.54, 1.807) is 7.11 Å². The van der Waals surface area contributed by atoms with Gasteiger partial charge in [-0.2, -0.15) is 0 Å². The molecule has 0 N–H and O–H groups in total. The molecule has 35 heavy (non-hydrogen) atoms. The summed E-state index contributed by atoms with van der Waals surface area (Å²) in [6.07, 6.45) is 2.85. The van der Waals surface area contributed by atoms with Crippen molar-refractivity contribution in [2.75, 3.05) is 26.7 Å². The first-order valence-corrected chi connectivity index (χ1v) is 12.7. The molecular weight excluding hydrogens is 432 g/mol. The summed E-state index contributed by atoms with van der Waals surface area (Å²) in [7, 11) is 1.68. The largest absolute Gasteiger partial charge is 0.497 e. The van der Waals surface area contributed by atoms with Crippen LogP contribution < -0.4 is 4.74 Å². The highest BCUT2D eigenvalue weighted by Crippen LogP contribution is 2.33. The smallest absolute Gasteiger partial charge is 0.238 e. The number of carbonyl (C=O) groups excluding carboxylic acids is 1. The summed E-state index contributed by atoms with van der Waals surface area (Å²) >= 11 is 0. The van der Waals surface area contributed by atoms with Gasteiger partial charge in [-0.05, 0) is 59.1 Å². The van der Waals surface area contributed by atoms with E-state index in [4.69, 9.17) is 4.74 Å². The number of hydrogen-bond acceptors (Lipinski definition) is 3. The lowest BCUT2D eigenvalue weighted by molar-refractivity contribution is -0.128. The molecule has 0 bridgehead atoms. The van der Waals surface area contributed by atoms with Crippen LogP contribution in [0.15, 0.2) is 78.9 Å². The Kier molecular flexibility index (Phi) is 7.92. The third kappa shape index (κ3) is 6.32. The predicted molar refractivity (Wildman–Crippen MR) is 143 cm³/mol. The standard InChI is InChI=1S/C31H38N2O2/c1-31(2,3)27-16-14-26(15-17-27)30-32(21-8-11-24-9-6-5-7-10-24)23-29(34)33(30)22-20-25-12-18-28(35-4)19-13-25/h5-7,9-10,12-19,30H,8,11,20-23H2,1-4H3. The van der Waals surface area contributed by atoms with Crippen molar-refractivity contribution in [2.45, 2.75) is 51.6 Å². The molecule has 1 fully saturated rings. The Hall–Kier alpha value is -3.11. The van der Waals surface area contributed by atoms with E-state index in [-0.39, 0.29) is 17.5 Å². The van der Waals surface area contributed by atoms with Crippen molar-refractivity contribution in [3.8, 4) is 5.75 Å². The number of hydrogen-bond donors (Lipinski definition) is 0. The molecule has 1 aliphatic heterocycles. The van der Waals surface area contributed by atoms with E-state index in [1.165, 1.54) is 22.3 Å². The molecule has 0 aromatic heterocycles. The first kappa shape index (κ1) is 25.0. The van der Waals surface area contributed by atoms with Crippen molar-refractivity contribution in [3.05, 3.63) is 101 Å². The fraction of sp³-hybridized carbons (Fsp3) is 0.387. The van der Waals surface area contributed by atoms with Gasteiger partial charge in [0.25, 0.3) is 0 Å². The molecule has 3 aromatic carbocycles. The van der Waals surface area contributed by atoms with Crippen LogP contribution in [-0.2, 0) is 23.1 Å². The molecule has 0 radical (unpaired) electrons. The molecule has 4 heteroatoms. The van der Waals surface area contributed by atoms with Crippen LogP contribution in [-0.4, -0.2) is 42.5 Å². The third-order valence-corrected chi connectivity index (χ3v) is 6.93. The van der Waals surface area contributed by atoms with Crippen LogP contribution in [0.25, 0.3) is 0 Å². The van der Waals surface area contributed by atoms with Gasteiger partial charge in [-0.25, -0.2) is 0 Å². The number of carbonyl (C=O) groups is 1. The summed E-state index contributed by atoms with van der Waals surface area (Å²) in [6.45, 7) is 8.77. The Morgan fingerprint density at radius 1 is 0.829 bits per heavy atom. The minimum atomic E-state index is -0.0226. The maximum Gasteiger partial charge on any atom is 0.238 e.